The van der Waals surface area contributed by atoms with Crippen LogP contribution in [0, 0.1) is 0 Å². The summed E-state index contributed by atoms with van der Waals surface area (Å²) in [5.74, 6) is 0.965. The van der Waals surface area contributed by atoms with Crippen LogP contribution in [0.5, 0.6) is 5.75 Å². The Labute approximate surface area is 209 Å². The van der Waals surface area contributed by atoms with Crippen molar-refractivity contribution in [1.82, 2.24) is 4.98 Å². The van der Waals surface area contributed by atoms with E-state index in [9.17, 15) is 0 Å². The van der Waals surface area contributed by atoms with E-state index < -0.39 is 0 Å². The van der Waals surface area contributed by atoms with Crippen LogP contribution in [0.3, 0.4) is 0 Å². The molecule has 180 valence electrons. The van der Waals surface area contributed by atoms with E-state index in [1.54, 1.807) is 11.3 Å². The number of benzene rings is 3. The summed E-state index contributed by atoms with van der Waals surface area (Å²) in [5.41, 5.74) is 3.64. The molecule has 0 aliphatic heterocycles. The second kappa shape index (κ2) is 12.9. The number of thiazole rings is 1. The van der Waals surface area contributed by atoms with Crippen LogP contribution >= 0.6 is 11.3 Å². The molecule has 0 unspecified atom stereocenters. The second-order valence-corrected chi connectivity index (χ2v) is 10.4. The van der Waals surface area contributed by atoms with Gasteiger partial charge in [0, 0.05) is 0 Å². The molecule has 0 atom stereocenters. The molecule has 34 heavy (non-hydrogen) atoms. The fourth-order valence-corrected chi connectivity index (χ4v) is 5.72. The molecule has 1 heterocycles. The van der Waals surface area contributed by atoms with Gasteiger partial charge < -0.3 is 4.74 Å². The summed E-state index contributed by atoms with van der Waals surface area (Å²) in [6.07, 6.45) is 14.1. The summed E-state index contributed by atoms with van der Waals surface area (Å²) in [6.45, 7) is 5.29. The molecule has 3 heteroatoms. The Hall–Kier alpha value is -2.39. The molecule has 1 aromatic heterocycles. The Kier molecular flexibility index (Phi) is 9.38. The fraction of sp³-hybridized carbons (Fsp3) is 0.452. The maximum absolute atomic E-state index is 6.38. The molecule has 0 saturated carbocycles. The Morgan fingerprint density at radius 3 is 2.35 bits per heavy atom. The van der Waals surface area contributed by atoms with Gasteiger partial charge in [0.05, 0.1) is 22.4 Å². The van der Waals surface area contributed by atoms with Crippen LogP contribution in [0.1, 0.15) is 83.6 Å². The Morgan fingerprint density at radius 1 is 0.765 bits per heavy atom. The third-order valence-corrected chi connectivity index (χ3v) is 7.67. The smallest absolute Gasteiger partial charge is 0.130 e. The minimum absolute atomic E-state index is 0.770. The van der Waals surface area contributed by atoms with E-state index in [-0.39, 0.29) is 0 Å². The lowest BCUT2D eigenvalue weighted by Crippen LogP contribution is -1.99. The van der Waals surface area contributed by atoms with Crippen molar-refractivity contribution in [2.24, 2.45) is 0 Å². The Balaban J connectivity index is 1.50. The molecule has 0 N–H and O–H groups in total. The topological polar surface area (TPSA) is 22.1 Å². The summed E-state index contributed by atoms with van der Waals surface area (Å²) in [7, 11) is 0. The molecule has 0 aliphatic carbocycles. The van der Waals surface area contributed by atoms with Crippen molar-refractivity contribution in [1.29, 1.82) is 0 Å². The van der Waals surface area contributed by atoms with Gasteiger partial charge in [-0.25, -0.2) is 4.98 Å². The van der Waals surface area contributed by atoms with Gasteiger partial charge in [-0.05, 0) is 53.8 Å². The third kappa shape index (κ3) is 6.39. The zero-order valence-corrected chi connectivity index (χ0v) is 21.8. The molecule has 4 aromatic rings. The molecule has 0 radical (unpaired) electrons. The summed E-state index contributed by atoms with van der Waals surface area (Å²) < 4.78 is 7.65. The number of unbranched alkanes of at least 4 members (excludes halogenated alkanes) is 8. The van der Waals surface area contributed by atoms with E-state index in [4.69, 9.17) is 9.72 Å². The van der Waals surface area contributed by atoms with Crippen molar-refractivity contribution in [3.05, 3.63) is 60.2 Å². The highest BCUT2D eigenvalue weighted by molar-refractivity contribution is 7.21. The minimum atomic E-state index is 0.770. The highest BCUT2D eigenvalue weighted by Gasteiger charge is 2.16. The molecule has 0 fully saturated rings. The summed E-state index contributed by atoms with van der Waals surface area (Å²) in [4.78, 5) is 5.05. The van der Waals surface area contributed by atoms with Gasteiger partial charge in [0.2, 0.25) is 0 Å². The molecule has 0 amide bonds. The summed E-state index contributed by atoms with van der Waals surface area (Å²) in [5, 5.41) is 3.52. The number of rotatable bonds is 14. The van der Waals surface area contributed by atoms with Gasteiger partial charge in [0.25, 0.3) is 0 Å². The molecule has 4 rings (SSSR count). The number of hydrogen-bond donors (Lipinski definition) is 0. The van der Waals surface area contributed by atoms with Gasteiger partial charge in [-0.1, -0.05) is 102 Å². The number of nitrogens with zero attached hydrogens (tertiary/aromatic N) is 1. The largest absolute Gasteiger partial charge is 0.493 e. The van der Waals surface area contributed by atoms with Crippen LogP contribution in [-0.4, -0.2) is 11.6 Å². The van der Waals surface area contributed by atoms with E-state index in [1.165, 1.54) is 78.8 Å². The zero-order valence-electron chi connectivity index (χ0n) is 20.9. The van der Waals surface area contributed by atoms with Crippen molar-refractivity contribution in [2.75, 3.05) is 6.61 Å². The maximum atomic E-state index is 6.38. The Bertz CT molecular complexity index is 1180. The monoisotopic (exact) mass is 473 g/mol. The van der Waals surface area contributed by atoms with E-state index in [1.807, 2.05) is 0 Å². The number of aryl methyl sites for hydroxylation is 1. The average Bonchev–Trinajstić information content (AvgIpc) is 3.29. The first-order chi connectivity index (χ1) is 16.8. The van der Waals surface area contributed by atoms with Gasteiger partial charge in [0.1, 0.15) is 10.8 Å². The second-order valence-electron chi connectivity index (χ2n) is 9.41. The first-order valence-electron chi connectivity index (χ1n) is 13.3. The van der Waals surface area contributed by atoms with E-state index in [0.717, 1.165) is 41.3 Å². The van der Waals surface area contributed by atoms with E-state index in [2.05, 4.69) is 68.4 Å². The number of aromatic nitrogens is 1. The molecule has 3 aromatic carbocycles. The van der Waals surface area contributed by atoms with Crippen LogP contribution < -0.4 is 4.74 Å². The standard InChI is InChI=1S/C31H39NOS/c1-3-5-7-8-9-10-11-14-22-33-28-21-19-25-16-12-13-17-26(25)30(28)31-32-27-20-18-24(15-6-4-2)23-29(27)34-31/h12-13,16-21,23H,3-11,14-15,22H2,1-2H3. The summed E-state index contributed by atoms with van der Waals surface area (Å²) in [6, 6.07) is 19.7. The Morgan fingerprint density at radius 2 is 1.53 bits per heavy atom. The van der Waals surface area contributed by atoms with Crippen LogP contribution in [0.4, 0.5) is 0 Å². The normalized spacial score (nSPS) is 11.5. The van der Waals surface area contributed by atoms with Gasteiger partial charge in [-0.2, -0.15) is 0 Å². The van der Waals surface area contributed by atoms with Crippen molar-refractivity contribution in [2.45, 2.75) is 84.5 Å². The van der Waals surface area contributed by atoms with Crippen molar-refractivity contribution < 1.29 is 4.74 Å². The van der Waals surface area contributed by atoms with E-state index >= 15 is 0 Å². The number of ether oxygens (including phenoxy) is 1. The number of fused-ring (bicyclic) bond motifs is 2. The summed E-state index contributed by atoms with van der Waals surface area (Å²) >= 11 is 1.79. The minimum Gasteiger partial charge on any atom is -0.493 e. The predicted octanol–water partition coefficient (Wildman–Crippen LogP) is 9.98. The number of hydrogen-bond acceptors (Lipinski definition) is 3. The van der Waals surface area contributed by atoms with Gasteiger partial charge >= 0.3 is 0 Å². The fourth-order valence-electron chi connectivity index (χ4n) is 4.62. The molecule has 0 bridgehead atoms. The van der Waals surface area contributed by atoms with Crippen LogP contribution in [0.15, 0.2) is 54.6 Å². The lowest BCUT2D eigenvalue weighted by molar-refractivity contribution is 0.306. The highest BCUT2D eigenvalue weighted by Crippen LogP contribution is 2.41. The first-order valence-corrected chi connectivity index (χ1v) is 14.2. The SMILES string of the molecule is CCCCCCCCCCOc1ccc2ccccc2c1-c1nc2ccc(CCCC)cc2s1. The third-order valence-electron chi connectivity index (χ3n) is 6.63. The van der Waals surface area contributed by atoms with Crippen LogP contribution in [0.25, 0.3) is 31.6 Å². The average molecular weight is 474 g/mol. The molecule has 0 spiro atoms. The zero-order chi connectivity index (χ0) is 23.6. The molecule has 2 nitrogen and oxygen atoms in total. The van der Waals surface area contributed by atoms with Crippen molar-refractivity contribution in [3.8, 4) is 16.3 Å². The quantitative estimate of drug-likeness (QED) is 0.170. The van der Waals surface area contributed by atoms with Gasteiger partial charge in [-0.3, -0.25) is 0 Å². The molecular formula is C31H39NOS. The van der Waals surface area contributed by atoms with Gasteiger partial charge in [0.15, 0.2) is 0 Å². The van der Waals surface area contributed by atoms with Crippen LogP contribution in [0.2, 0.25) is 0 Å². The highest BCUT2D eigenvalue weighted by atomic mass is 32.1. The van der Waals surface area contributed by atoms with Crippen LogP contribution in [-0.2, 0) is 6.42 Å². The van der Waals surface area contributed by atoms with E-state index in [0.29, 0.717) is 0 Å². The predicted molar refractivity (Wildman–Crippen MR) is 149 cm³/mol. The van der Waals surface area contributed by atoms with Crippen molar-refractivity contribution >= 4 is 32.3 Å². The van der Waals surface area contributed by atoms with Gasteiger partial charge in [-0.15, -0.1) is 11.3 Å². The molecule has 0 saturated heterocycles. The lowest BCUT2D eigenvalue weighted by atomic mass is 10.0. The lowest BCUT2D eigenvalue weighted by Gasteiger charge is -2.13. The first kappa shape index (κ1) is 24.7. The molecular weight excluding hydrogens is 434 g/mol. The van der Waals surface area contributed by atoms with Crippen molar-refractivity contribution in [3.63, 3.8) is 0 Å². The molecule has 0 aliphatic rings. The maximum Gasteiger partial charge on any atom is 0.130 e.